The lowest BCUT2D eigenvalue weighted by Gasteiger charge is -2.06. The van der Waals surface area contributed by atoms with Crippen LogP contribution in [0.15, 0.2) is 60.0 Å². The van der Waals surface area contributed by atoms with E-state index in [1.807, 2.05) is 31.2 Å². The largest absolute Gasteiger partial charge is 0.497 e. The lowest BCUT2D eigenvalue weighted by Crippen LogP contribution is -2.00. The van der Waals surface area contributed by atoms with Crippen LogP contribution in [0.5, 0.6) is 5.75 Å². The molecule has 0 saturated carbocycles. The molecule has 0 aliphatic heterocycles. The molecule has 7 nitrogen and oxygen atoms in total. The first-order valence-electron chi connectivity index (χ1n) is 9.11. The smallest absolute Gasteiger partial charge is 0.168 e. The molecule has 2 aromatic carbocycles. The molecule has 0 atom stereocenters. The molecule has 0 radical (unpaired) electrons. The number of benzene rings is 2. The lowest BCUT2D eigenvalue weighted by atomic mass is 10.2. The molecule has 0 aliphatic carbocycles. The fourth-order valence-electron chi connectivity index (χ4n) is 2.99. The van der Waals surface area contributed by atoms with Crippen LogP contribution in [0.3, 0.4) is 0 Å². The maximum absolute atomic E-state index is 13.0. The van der Waals surface area contributed by atoms with Crippen LogP contribution in [0, 0.1) is 5.82 Å². The van der Waals surface area contributed by atoms with Crippen molar-refractivity contribution in [1.82, 2.24) is 19.7 Å². The topological polar surface area (TPSA) is 77.2 Å². The van der Waals surface area contributed by atoms with Crippen LogP contribution in [0.2, 0.25) is 0 Å². The van der Waals surface area contributed by atoms with Crippen molar-refractivity contribution in [3.8, 4) is 11.4 Å². The molecule has 4 aromatic rings. The summed E-state index contributed by atoms with van der Waals surface area (Å²) in [5.74, 6) is 1.00. The number of aromatic nitrogens is 4. The quantitative estimate of drug-likeness (QED) is 0.398. The Morgan fingerprint density at radius 2 is 2.00 bits per heavy atom. The number of rotatable bonds is 6. The zero-order valence-corrected chi connectivity index (χ0v) is 16.0. The molecule has 8 heteroatoms. The number of nitrogens with one attached hydrogen (secondary N) is 1. The minimum absolute atomic E-state index is 0.287. The molecule has 0 amide bonds. The summed E-state index contributed by atoms with van der Waals surface area (Å²) in [6, 6.07) is 13.7. The molecule has 2 aromatic heterocycles. The predicted molar refractivity (Wildman–Crippen MR) is 110 cm³/mol. The first-order valence-corrected chi connectivity index (χ1v) is 9.11. The highest BCUT2D eigenvalue weighted by Crippen LogP contribution is 2.27. The summed E-state index contributed by atoms with van der Waals surface area (Å²) < 4.78 is 20.1. The van der Waals surface area contributed by atoms with Crippen molar-refractivity contribution in [2.24, 2.45) is 5.10 Å². The summed E-state index contributed by atoms with van der Waals surface area (Å²) in [5.41, 5.74) is 6.09. The van der Waals surface area contributed by atoms with Crippen molar-refractivity contribution < 1.29 is 9.13 Å². The van der Waals surface area contributed by atoms with Gasteiger partial charge < -0.3 is 4.74 Å². The second-order valence-corrected chi connectivity index (χ2v) is 6.26. The number of aryl methyl sites for hydroxylation is 1. The van der Waals surface area contributed by atoms with E-state index in [-0.39, 0.29) is 5.82 Å². The Morgan fingerprint density at radius 3 is 2.76 bits per heavy atom. The molecule has 4 rings (SSSR count). The number of hydrogen-bond acceptors (Lipinski definition) is 6. The van der Waals surface area contributed by atoms with E-state index in [9.17, 15) is 4.39 Å². The zero-order valence-electron chi connectivity index (χ0n) is 16.0. The molecule has 0 aliphatic rings. The number of ether oxygens (including phenoxy) is 1. The average molecular weight is 390 g/mol. The van der Waals surface area contributed by atoms with Crippen molar-refractivity contribution in [3.63, 3.8) is 0 Å². The van der Waals surface area contributed by atoms with Gasteiger partial charge >= 0.3 is 0 Å². The maximum Gasteiger partial charge on any atom is 0.168 e. The van der Waals surface area contributed by atoms with Crippen LogP contribution in [-0.2, 0) is 6.42 Å². The number of halogens is 1. The summed E-state index contributed by atoms with van der Waals surface area (Å²) in [6.07, 6.45) is 3.78. The van der Waals surface area contributed by atoms with Crippen molar-refractivity contribution in [1.29, 1.82) is 0 Å². The normalized spacial score (nSPS) is 11.3. The number of hydrazone groups is 1. The number of hydrogen-bond donors (Lipinski definition) is 1. The second-order valence-electron chi connectivity index (χ2n) is 6.26. The van der Waals surface area contributed by atoms with E-state index in [4.69, 9.17) is 9.84 Å². The molecule has 0 spiro atoms. The van der Waals surface area contributed by atoms with Gasteiger partial charge in [-0.1, -0.05) is 25.1 Å². The molecule has 1 N–H and O–H groups in total. The maximum atomic E-state index is 13.0. The molecular formula is C21H19FN6O. The van der Waals surface area contributed by atoms with Crippen LogP contribution < -0.4 is 10.2 Å². The Labute approximate surface area is 166 Å². The number of methoxy groups -OCH3 is 1. The third kappa shape index (κ3) is 3.77. The summed E-state index contributed by atoms with van der Waals surface area (Å²) in [5, 5.41) is 9.75. The van der Waals surface area contributed by atoms with Crippen molar-refractivity contribution >= 4 is 23.1 Å². The Morgan fingerprint density at radius 1 is 1.17 bits per heavy atom. The molecule has 0 fully saturated rings. The summed E-state index contributed by atoms with van der Waals surface area (Å²) in [6.45, 7) is 2.02. The zero-order chi connectivity index (χ0) is 20.2. The monoisotopic (exact) mass is 390 g/mol. The lowest BCUT2D eigenvalue weighted by molar-refractivity contribution is 0.414. The molecule has 146 valence electrons. The minimum Gasteiger partial charge on any atom is -0.497 e. The van der Waals surface area contributed by atoms with Gasteiger partial charge in [0.15, 0.2) is 11.5 Å². The van der Waals surface area contributed by atoms with Crippen LogP contribution in [0.1, 0.15) is 18.2 Å². The number of fused-ring (bicyclic) bond motifs is 1. The van der Waals surface area contributed by atoms with Crippen LogP contribution in [0.25, 0.3) is 16.7 Å². The van der Waals surface area contributed by atoms with Gasteiger partial charge in [0.1, 0.15) is 17.9 Å². The summed E-state index contributed by atoms with van der Waals surface area (Å²) >= 11 is 0. The van der Waals surface area contributed by atoms with Gasteiger partial charge in [-0.25, -0.2) is 19.0 Å². The van der Waals surface area contributed by atoms with E-state index in [0.29, 0.717) is 17.9 Å². The van der Waals surface area contributed by atoms with E-state index in [1.54, 1.807) is 30.1 Å². The van der Waals surface area contributed by atoms with Gasteiger partial charge in [-0.15, -0.1) is 0 Å². The first kappa shape index (κ1) is 18.5. The van der Waals surface area contributed by atoms with Crippen molar-refractivity contribution in [3.05, 3.63) is 71.9 Å². The van der Waals surface area contributed by atoms with Gasteiger partial charge in [0.05, 0.1) is 30.1 Å². The van der Waals surface area contributed by atoms with Gasteiger partial charge in [-0.3, -0.25) is 5.43 Å². The minimum atomic E-state index is -0.287. The van der Waals surface area contributed by atoms with Gasteiger partial charge in [-0.05, 0) is 36.2 Å². The van der Waals surface area contributed by atoms with E-state index >= 15 is 0 Å². The van der Waals surface area contributed by atoms with E-state index < -0.39 is 0 Å². The number of anilines is 1. The predicted octanol–water partition coefficient (Wildman–Crippen LogP) is 3.97. The van der Waals surface area contributed by atoms with Crippen molar-refractivity contribution in [2.75, 3.05) is 12.5 Å². The standard InChI is InChI=1S/C21H19FN6O/c1-3-18-19-20(26-25-12-14-7-9-15(22)10-8-14)23-13-24-21(19)28(27-18)16-5-4-6-17(11-16)29-2/h4-13H,3H2,1-2H3,(H,23,24,26). The van der Waals surface area contributed by atoms with Gasteiger partial charge in [0.25, 0.3) is 0 Å². The Bertz CT molecular complexity index is 1170. The summed E-state index contributed by atoms with van der Waals surface area (Å²) in [7, 11) is 1.63. The fourth-order valence-corrected chi connectivity index (χ4v) is 2.99. The third-order valence-electron chi connectivity index (χ3n) is 4.42. The van der Waals surface area contributed by atoms with E-state index in [2.05, 4.69) is 20.5 Å². The fraction of sp³-hybridized carbons (Fsp3) is 0.143. The molecule has 2 heterocycles. The highest BCUT2D eigenvalue weighted by atomic mass is 19.1. The molecule has 0 bridgehead atoms. The molecule has 0 unspecified atom stereocenters. The number of nitrogens with zero attached hydrogens (tertiary/aromatic N) is 5. The Balaban J connectivity index is 1.72. The summed E-state index contributed by atoms with van der Waals surface area (Å²) in [4.78, 5) is 8.76. The SMILES string of the molecule is CCc1nn(-c2cccc(OC)c2)c2ncnc(NN=Cc3ccc(F)cc3)c12. The Kier molecular flexibility index (Phi) is 5.15. The highest BCUT2D eigenvalue weighted by Gasteiger charge is 2.16. The Hall–Kier alpha value is -3.81. The molecule has 0 saturated heterocycles. The average Bonchev–Trinajstić information content (AvgIpc) is 3.15. The second kappa shape index (κ2) is 8.05. The van der Waals surface area contributed by atoms with E-state index in [0.717, 1.165) is 28.1 Å². The first-order chi connectivity index (χ1) is 14.2. The van der Waals surface area contributed by atoms with Gasteiger partial charge in [-0.2, -0.15) is 10.2 Å². The van der Waals surface area contributed by atoms with Crippen LogP contribution in [-0.4, -0.2) is 33.1 Å². The van der Waals surface area contributed by atoms with Crippen LogP contribution >= 0.6 is 0 Å². The van der Waals surface area contributed by atoms with E-state index in [1.165, 1.54) is 18.5 Å². The molecule has 29 heavy (non-hydrogen) atoms. The highest BCUT2D eigenvalue weighted by molar-refractivity contribution is 5.91. The van der Waals surface area contributed by atoms with Crippen molar-refractivity contribution in [2.45, 2.75) is 13.3 Å². The van der Waals surface area contributed by atoms with Gasteiger partial charge in [0.2, 0.25) is 0 Å². The van der Waals surface area contributed by atoms with Crippen LogP contribution in [0.4, 0.5) is 10.2 Å². The molecular weight excluding hydrogens is 371 g/mol. The third-order valence-corrected chi connectivity index (χ3v) is 4.42. The van der Waals surface area contributed by atoms with Gasteiger partial charge in [0, 0.05) is 6.07 Å².